The van der Waals surface area contributed by atoms with E-state index in [1.165, 1.54) is 19.3 Å². The zero-order chi connectivity index (χ0) is 3.98. The number of rotatable bonds is 1. The Kier molecular flexibility index (Phi) is 0.331. The second kappa shape index (κ2) is 0.699. The van der Waals surface area contributed by atoms with Crippen LogP contribution in [0.2, 0.25) is 0 Å². The summed E-state index contributed by atoms with van der Waals surface area (Å²) < 4.78 is 0. The van der Waals surface area contributed by atoms with Crippen molar-refractivity contribution in [3.8, 4) is 0 Å². The van der Waals surface area contributed by atoms with E-state index >= 15 is 0 Å². The van der Waals surface area contributed by atoms with E-state index in [1.807, 2.05) is 0 Å². The van der Waals surface area contributed by atoms with Crippen LogP contribution in [0.4, 0.5) is 0 Å². The molecular formula is C6H8. The second-order valence-electron chi connectivity index (χ2n) is 2.26. The molecule has 0 unspecified atom stereocenters. The van der Waals surface area contributed by atoms with Crippen molar-refractivity contribution in [2.45, 2.75) is 19.3 Å². The Labute approximate surface area is 37.9 Å². The van der Waals surface area contributed by atoms with E-state index in [1.54, 1.807) is 5.57 Å². The molecule has 0 amide bonds. The molecule has 2 aliphatic carbocycles. The van der Waals surface area contributed by atoms with Crippen molar-refractivity contribution in [1.29, 1.82) is 0 Å². The van der Waals surface area contributed by atoms with Crippen molar-refractivity contribution >= 4 is 0 Å². The van der Waals surface area contributed by atoms with Gasteiger partial charge < -0.3 is 0 Å². The molecule has 1 fully saturated rings. The molecule has 0 radical (unpaired) electrons. The van der Waals surface area contributed by atoms with E-state index in [9.17, 15) is 0 Å². The van der Waals surface area contributed by atoms with Crippen LogP contribution in [0.1, 0.15) is 19.3 Å². The molecule has 0 bridgehead atoms. The first-order chi connectivity index (χ1) is 2.97. The minimum absolute atomic E-state index is 1.07. The maximum absolute atomic E-state index is 2.34. The molecule has 0 atom stereocenters. The van der Waals surface area contributed by atoms with Crippen molar-refractivity contribution in [2.24, 2.45) is 5.92 Å². The van der Waals surface area contributed by atoms with E-state index in [-0.39, 0.29) is 0 Å². The maximum Gasteiger partial charge on any atom is -0.0133 e. The molecule has 0 spiro atoms. The van der Waals surface area contributed by atoms with Crippen LogP contribution >= 0.6 is 0 Å². The molecule has 0 saturated heterocycles. The van der Waals surface area contributed by atoms with Gasteiger partial charge in [-0.25, -0.2) is 0 Å². The van der Waals surface area contributed by atoms with Gasteiger partial charge in [-0.3, -0.25) is 0 Å². The predicted molar refractivity (Wildman–Crippen MR) is 25.4 cm³/mol. The van der Waals surface area contributed by atoms with Gasteiger partial charge in [0.05, 0.1) is 0 Å². The highest BCUT2D eigenvalue weighted by atomic mass is 14.3. The highest BCUT2D eigenvalue weighted by molar-refractivity contribution is 5.28. The molecule has 6 heavy (non-hydrogen) atoms. The number of hydrogen-bond donors (Lipinski definition) is 0. The molecule has 2 rings (SSSR count). The van der Waals surface area contributed by atoms with Crippen LogP contribution in [-0.2, 0) is 0 Å². The van der Waals surface area contributed by atoms with Gasteiger partial charge in [0.25, 0.3) is 0 Å². The van der Waals surface area contributed by atoms with Gasteiger partial charge in [0.15, 0.2) is 0 Å². The van der Waals surface area contributed by atoms with Gasteiger partial charge in [0, 0.05) is 0 Å². The fourth-order valence-corrected chi connectivity index (χ4v) is 0.846. The first kappa shape index (κ1) is 2.84. The Bertz CT molecular complexity index is 96.6. The van der Waals surface area contributed by atoms with Crippen molar-refractivity contribution < 1.29 is 0 Å². The minimum atomic E-state index is 1.07. The highest BCUT2D eigenvalue weighted by Crippen LogP contribution is 2.44. The van der Waals surface area contributed by atoms with Gasteiger partial charge in [0.2, 0.25) is 0 Å². The minimum Gasteiger partial charge on any atom is -0.0807 e. The smallest absolute Gasteiger partial charge is 0.0133 e. The normalized spacial score (nSPS) is 29.7. The van der Waals surface area contributed by atoms with Crippen LogP contribution in [0, 0.1) is 5.92 Å². The molecule has 0 N–H and O–H groups in total. The predicted octanol–water partition coefficient (Wildman–Crippen LogP) is 1.73. The van der Waals surface area contributed by atoms with Crippen molar-refractivity contribution in [2.75, 3.05) is 0 Å². The monoisotopic (exact) mass is 80.1 g/mol. The summed E-state index contributed by atoms with van der Waals surface area (Å²) >= 11 is 0. The van der Waals surface area contributed by atoms with Crippen LogP contribution < -0.4 is 0 Å². The molecule has 0 aromatic heterocycles. The topological polar surface area (TPSA) is 0 Å². The summed E-state index contributed by atoms with van der Waals surface area (Å²) in [7, 11) is 0. The summed E-state index contributed by atoms with van der Waals surface area (Å²) in [6.07, 6.45) is 6.68. The summed E-state index contributed by atoms with van der Waals surface area (Å²) in [5, 5.41) is 0. The van der Waals surface area contributed by atoms with Crippen LogP contribution in [0.5, 0.6) is 0 Å². The average molecular weight is 80.1 g/mol. The zero-order valence-corrected chi connectivity index (χ0v) is 3.78. The molecule has 0 aromatic rings. The lowest BCUT2D eigenvalue weighted by molar-refractivity contribution is 1.05. The summed E-state index contributed by atoms with van der Waals surface area (Å²) in [5.41, 5.74) is 1.75. The maximum atomic E-state index is 2.34. The SMILES string of the molecule is C1=C(C2CC2)C1. The number of allylic oxidation sites excluding steroid dienone is 2. The molecular weight excluding hydrogens is 72.1 g/mol. The average Bonchev–Trinajstić information content (AvgIpc) is 2.26. The quantitative estimate of drug-likeness (QED) is 0.421. The molecule has 0 aromatic carbocycles. The number of hydrogen-bond acceptors (Lipinski definition) is 0. The Balaban J connectivity index is 2.07. The summed E-state index contributed by atoms with van der Waals surface area (Å²) in [4.78, 5) is 0. The fourth-order valence-electron chi connectivity index (χ4n) is 0.846. The van der Waals surface area contributed by atoms with E-state index in [2.05, 4.69) is 6.08 Å². The lowest BCUT2D eigenvalue weighted by Crippen LogP contribution is -1.59. The standard InChI is InChI=1S/C6H8/c1-2-5(1)6-3-4-6/h1,6H,2-4H2. The van der Waals surface area contributed by atoms with Gasteiger partial charge >= 0.3 is 0 Å². The van der Waals surface area contributed by atoms with E-state index in [4.69, 9.17) is 0 Å². The van der Waals surface area contributed by atoms with Gasteiger partial charge in [-0.15, -0.1) is 0 Å². The Morgan fingerprint density at radius 3 is 2.33 bits per heavy atom. The van der Waals surface area contributed by atoms with Gasteiger partial charge in [0.1, 0.15) is 0 Å². The van der Waals surface area contributed by atoms with E-state index < -0.39 is 0 Å². The van der Waals surface area contributed by atoms with Crippen LogP contribution in [0.25, 0.3) is 0 Å². The highest BCUT2D eigenvalue weighted by Gasteiger charge is 2.29. The van der Waals surface area contributed by atoms with Gasteiger partial charge in [-0.1, -0.05) is 11.6 Å². The van der Waals surface area contributed by atoms with E-state index in [0.29, 0.717) is 0 Å². The fraction of sp³-hybridized carbons (Fsp3) is 0.667. The lowest BCUT2D eigenvalue weighted by atomic mass is 10.3. The van der Waals surface area contributed by atoms with E-state index in [0.717, 1.165) is 5.92 Å². The third-order valence-electron chi connectivity index (χ3n) is 1.54. The summed E-state index contributed by atoms with van der Waals surface area (Å²) in [6, 6.07) is 0. The second-order valence-corrected chi connectivity index (χ2v) is 2.26. The molecule has 2 aliphatic rings. The van der Waals surface area contributed by atoms with Crippen LogP contribution in [0.15, 0.2) is 11.6 Å². The molecule has 32 valence electrons. The molecule has 0 heterocycles. The van der Waals surface area contributed by atoms with Gasteiger partial charge in [-0.2, -0.15) is 0 Å². The largest absolute Gasteiger partial charge is 0.0807 e. The lowest BCUT2D eigenvalue weighted by Gasteiger charge is -1.72. The van der Waals surface area contributed by atoms with Crippen LogP contribution in [-0.4, -0.2) is 0 Å². The summed E-state index contributed by atoms with van der Waals surface area (Å²) in [5.74, 6) is 1.07. The third kappa shape index (κ3) is 0.296. The summed E-state index contributed by atoms with van der Waals surface area (Å²) in [6.45, 7) is 0. The zero-order valence-electron chi connectivity index (χ0n) is 3.78. The van der Waals surface area contributed by atoms with Crippen molar-refractivity contribution in [3.63, 3.8) is 0 Å². The molecule has 0 aliphatic heterocycles. The van der Waals surface area contributed by atoms with Crippen LogP contribution in [0.3, 0.4) is 0 Å². The molecule has 1 saturated carbocycles. The Morgan fingerprint density at radius 2 is 2.17 bits per heavy atom. The van der Waals surface area contributed by atoms with Crippen molar-refractivity contribution in [1.82, 2.24) is 0 Å². The third-order valence-corrected chi connectivity index (χ3v) is 1.54. The Morgan fingerprint density at radius 1 is 1.50 bits per heavy atom. The molecule has 0 nitrogen and oxygen atoms in total. The van der Waals surface area contributed by atoms with Crippen molar-refractivity contribution in [3.05, 3.63) is 11.6 Å². The first-order valence-electron chi connectivity index (χ1n) is 2.66. The first-order valence-corrected chi connectivity index (χ1v) is 2.66. The Hall–Kier alpha value is -0.260. The van der Waals surface area contributed by atoms with Gasteiger partial charge in [-0.05, 0) is 25.2 Å². The molecule has 0 heteroatoms.